The highest BCUT2D eigenvalue weighted by atomic mass is 32.1. The van der Waals surface area contributed by atoms with Crippen molar-refractivity contribution < 1.29 is 9.59 Å². The first-order valence-electron chi connectivity index (χ1n) is 9.03. The smallest absolute Gasteiger partial charge is 0.228 e. The van der Waals surface area contributed by atoms with Gasteiger partial charge in [-0.2, -0.15) is 0 Å². The summed E-state index contributed by atoms with van der Waals surface area (Å²) in [5.41, 5.74) is 1.14. The maximum Gasteiger partial charge on any atom is 0.228 e. The quantitative estimate of drug-likeness (QED) is 0.913. The molecule has 4 saturated carbocycles. The molecule has 5 aliphatic rings. The molecule has 4 bridgehead atoms. The summed E-state index contributed by atoms with van der Waals surface area (Å²) in [6.45, 7) is 2.67. The molecule has 0 radical (unpaired) electrons. The first-order chi connectivity index (χ1) is 11.5. The second-order valence-electron chi connectivity index (χ2n) is 8.43. The Bertz CT molecular complexity index is 741. The van der Waals surface area contributed by atoms with Crippen LogP contribution in [0, 0.1) is 30.1 Å². The molecule has 24 heavy (non-hydrogen) atoms. The van der Waals surface area contributed by atoms with E-state index in [1.165, 1.54) is 55.9 Å². The van der Waals surface area contributed by atoms with E-state index in [9.17, 15) is 9.59 Å². The molecular formula is C19H22N2O2S. The number of hydrogen-bond donors (Lipinski definition) is 1. The molecule has 1 heterocycles. The van der Waals surface area contributed by atoms with Gasteiger partial charge in [0.2, 0.25) is 5.78 Å². The normalized spacial score (nSPS) is 36.7. The van der Waals surface area contributed by atoms with E-state index in [0.717, 1.165) is 29.3 Å². The standard InChI is InChI=1S/C19H22N2O2S/c1-10-21-16-17(23)14(5-15(22)18(16)24-10)20-9-19-6-11-2-12(7-19)4-13(3-11)8-19/h5,11-13,20H,2-4,6-9H2,1H3. The van der Waals surface area contributed by atoms with Gasteiger partial charge >= 0.3 is 0 Å². The molecule has 5 heteroatoms. The molecule has 0 spiro atoms. The fraction of sp³-hybridized carbons (Fsp3) is 0.632. The van der Waals surface area contributed by atoms with Crippen LogP contribution in [0.5, 0.6) is 0 Å². The second-order valence-corrected chi connectivity index (χ2v) is 9.64. The fourth-order valence-corrected chi connectivity index (χ4v) is 6.89. The van der Waals surface area contributed by atoms with E-state index in [1.807, 2.05) is 6.92 Å². The first kappa shape index (κ1) is 14.8. The molecule has 0 aliphatic heterocycles. The summed E-state index contributed by atoms with van der Waals surface area (Å²) < 4.78 is 0. The van der Waals surface area contributed by atoms with E-state index in [1.54, 1.807) is 0 Å². The van der Waals surface area contributed by atoms with Crippen LogP contribution in [0.25, 0.3) is 0 Å². The highest BCUT2D eigenvalue weighted by Crippen LogP contribution is 2.59. The van der Waals surface area contributed by atoms with Gasteiger partial charge in [-0.25, -0.2) is 4.98 Å². The minimum absolute atomic E-state index is 0.0804. The minimum atomic E-state index is -0.112. The topological polar surface area (TPSA) is 59.1 Å². The molecule has 0 unspecified atom stereocenters. The van der Waals surface area contributed by atoms with Crippen LogP contribution in [-0.4, -0.2) is 23.1 Å². The van der Waals surface area contributed by atoms with E-state index in [-0.39, 0.29) is 11.6 Å². The molecule has 4 fully saturated rings. The van der Waals surface area contributed by atoms with Crippen LogP contribution in [0.4, 0.5) is 0 Å². The van der Waals surface area contributed by atoms with Gasteiger partial charge < -0.3 is 5.32 Å². The van der Waals surface area contributed by atoms with E-state index in [4.69, 9.17) is 0 Å². The van der Waals surface area contributed by atoms with Crippen molar-refractivity contribution in [1.82, 2.24) is 10.3 Å². The van der Waals surface area contributed by atoms with Crippen LogP contribution in [0.1, 0.15) is 63.7 Å². The number of rotatable bonds is 3. The van der Waals surface area contributed by atoms with E-state index < -0.39 is 0 Å². The third-order valence-electron chi connectivity index (χ3n) is 6.51. The summed E-state index contributed by atoms with van der Waals surface area (Å²) in [4.78, 5) is 29.7. The van der Waals surface area contributed by atoms with Crippen molar-refractivity contribution in [1.29, 1.82) is 0 Å². The zero-order valence-electron chi connectivity index (χ0n) is 13.9. The maximum absolute atomic E-state index is 12.7. The fourth-order valence-electron chi connectivity index (χ4n) is 6.06. The van der Waals surface area contributed by atoms with Crippen molar-refractivity contribution in [3.05, 3.63) is 27.4 Å². The van der Waals surface area contributed by atoms with Crippen LogP contribution in [0.3, 0.4) is 0 Å². The number of carbonyl (C=O) groups is 2. The van der Waals surface area contributed by atoms with Crippen LogP contribution in [-0.2, 0) is 0 Å². The van der Waals surface area contributed by atoms with Gasteiger partial charge in [-0.3, -0.25) is 9.59 Å². The third kappa shape index (κ3) is 2.20. The number of aromatic nitrogens is 1. The van der Waals surface area contributed by atoms with Gasteiger partial charge in [0.25, 0.3) is 0 Å². The van der Waals surface area contributed by atoms with E-state index >= 15 is 0 Å². The average Bonchev–Trinajstić information content (AvgIpc) is 2.91. The molecule has 6 rings (SSSR count). The van der Waals surface area contributed by atoms with Crippen molar-refractivity contribution in [3.63, 3.8) is 0 Å². The maximum atomic E-state index is 12.7. The van der Waals surface area contributed by atoms with Crippen molar-refractivity contribution in [3.8, 4) is 0 Å². The number of nitrogens with zero attached hydrogens (tertiary/aromatic N) is 1. The van der Waals surface area contributed by atoms with Crippen molar-refractivity contribution in [2.45, 2.75) is 45.4 Å². The lowest BCUT2D eigenvalue weighted by Gasteiger charge is -2.57. The molecule has 126 valence electrons. The molecular weight excluding hydrogens is 320 g/mol. The molecule has 0 saturated heterocycles. The number of fused-ring (bicyclic) bond motifs is 1. The van der Waals surface area contributed by atoms with Gasteiger partial charge in [0.1, 0.15) is 10.6 Å². The second kappa shape index (κ2) is 5.01. The van der Waals surface area contributed by atoms with Crippen LogP contribution >= 0.6 is 11.3 Å². The Morgan fingerprint density at radius 1 is 1.17 bits per heavy atom. The predicted molar refractivity (Wildman–Crippen MR) is 92.2 cm³/mol. The summed E-state index contributed by atoms with van der Waals surface area (Å²) in [7, 11) is 0. The summed E-state index contributed by atoms with van der Waals surface area (Å²) in [5.74, 6) is 2.48. The molecule has 0 aromatic carbocycles. The molecule has 1 N–H and O–H groups in total. The largest absolute Gasteiger partial charge is 0.381 e. The molecule has 0 atom stereocenters. The van der Waals surface area contributed by atoms with E-state index in [2.05, 4.69) is 10.3 Å². The highest BCUT2D eigenvalue weighted by Gasteiger charge is 2.50. The number of carbonyl (C=O) groups excluding carboxylic acids is 2. The first-order valence-corrected chi connectivity index (χ1v) is 9.85. The molecule has 4 nitrogen and oxygen atoms in total. The molecule has 1 aromatic rings. The van der Waals surface area contributed by atoms with Gasteiger partial charge in [-0.1, -0.05) is 0 Å². The van der Waals surface area contributed by atoms with Crippen LogP contribution in [0.2, 0.25) is 0 Å². The Balaban J connectivity index is 1.35. The zero-order chi connectivity index (χ0) is 16.5. The van der Waals surface area contributed by atoms with E-state index in [0.29, 0.717) is 21.7 Å². The monoisotopic (exact) mass is 342 g/mol. The Labute approximate surface area is 145 Å². The summed E-state index contributed by atoms with van der Waals surface area (Å²) in [6, 6.07) is 0. The number of aryl methyl sites for hydroxylation is 1. The molecule has 5 aliphatic carbocycles. The minimum Gasteiger partial charge on any atom is -0.381 e. The zero-order valence-corrected chi connectivity index (χ0v) is 14.7. The molecule has 1 aromatic heterocycles. The lowest BCUT2D eigenvalue weighted by atomic mass is 9.49. The number of hydrogen-bond acceptors (Lipinski definition) is 5. The number of allylic oxidation sites excluding steroid dienone is 2. The van der Waals surface area contributed by atoms with Gasteiger partial charge in [0, 0.05) is 12.6 Å². The predicted octanol–water partition coefficient (Wildman–Crippen LogP) is 3.52. The summed E-state index contributed by atoms with van der Waals surface area (Å²) >= 11 is 1.32. The SMILES string of the molecule is Cc1nc2c(s1)C(=O)C=C(NCC13CC4CC(CC(C4)C1)C3)C2=O. The average molecular weight is 342 g/mol. The number of thiazole rings is 1. The van der Waals surface area contributed by atoms with Gasteiger partial charge in [0.15, 0.2) is 5.78 Å². The number of nitrogens with one attached hydrogen (secondary N) is 1. The van der Waals surface area contributed by atoms with Crippen molar-refractivity contribution >= 4 is 22.9 Å². The van der Waals surface area contributed by atoms with Gasteiger partial charge in [-0.05, 0) is 68.6 Å². The van der Waals surface area contributed by atoms with Gasteiger partial charge in [0.05, 0.1) is 10.7 Å². The van der Waals surface area contributed by atoms with Crippen LogP contribution in [0.15, 0.2) is 11.8 Å². The highest BCUT2D eigenvalue weighted by molar-refractivity contribution is 7.14. The number of Topliss-reactive ketones (excluding diaryl/α,β-unsaturated/α-hetero) is 1. The van der Waals surface area contributed by atoms with Crippen molar-refractivity contribution in [2.24, 2.45) is 23.2 Å². The Morgan fingerprint density at radius 2 is 1.79 bits per heavy atom. The van der Waals surface area contributed by atoms with Gasteiger partial charge in [-0.15, -0.1) is 11.3 Å². The Hall–Kier alpha value is -1.49. The Morgan fingerprint density at radius 3 is 2.42 bits per heavy atom. The third-order valence-corrected chi connectivity index (χ3v) is 7.50. The lowest BCUT2D eigenvalue weighted by molar-refractivity contribution is -0.0500. The summed E-state index contributed by atoms with van der Waals surface area (Å²) in [5, 5.41) is 4.14. The number of ketones is 2. The summed E-state index contributed by atoms with van der Waals surface area (Å²) in [6.07, 6.45) is 9.62. The Kier molecular flexibility index (Phi) is 3.09. The lowest BCUT2D eigenvalue weighted by Crippen LogP contribution is -2.50. The van der Waals surface area contributed by atoms with Crippen molar-refractivity contribution in [2.75, 3.05) is 6.54 Å². The van der Waals surface area contributed by atoms with Crippen LogP contribution < -0.4 is 5.32 Å². The molecule has 0 amide bonds.